The standard InChI is InChI=1S/C15H14N4O5S2/c20-13(16-15-18-17-14(24-15)11-5-2-8-23-11)10-4-1-7-19(10)26(21,22)12-6-3-9-25-12/h2-3,5-6,8-10H,1,4,7H2,(H,16,18,20). The van der Waals surface area contributed by atoms with Gasteiger partial charge in [0.1, 0.15) is 10.3 Å². The molecule has 3 aromatic rings. The average Bonchev–Trinajstić information content (AvgIpc) is 3.42. The third-order valence-corrected chi connectivity index (χ3v) is 7.23. The Morgan fingerprint density at radius 2 is 2.19 bits per heavy atom. The molecule has 0 saturated carbocycles. The Labute approximate surface area is 152 Å². The minimum absolute atomic E-state index is 0.109. The predicted molar refractivity (Wildman–Crippen MR) is 91.9 cm³/mol. The monoisotopic (exact) mass is 394 g/mol. The van der Waals surface area contributed by atoms with Gasteiger partial charge in [0.05, 0.1) is 6.26 Å². The van der Waals surface area contributed by atoms with Crippen LogP contribution in [0.2, 0.25) is 0 Å². The average molecular weight is 394 g/mol. The first-order chi connectivity index (χ1) is 12.6. The van der Waals surface area contributed by atoms with Crippen molar-refractivity contribution in [2.75, 3.05) is 11.9 Å². The first kappa shape index (κ1) is 16.9. The summed E-state index contributed by atoms with van der Waals surface area (Å²) in [6, 6.07) is 5.58. The third-order valence-electron chi connectivity index (χ3n) is 3.95. The van der Waals surface area contributed by atoms with Crippen molar-refractivity contribution in [3.63, 3.8) is 0 Å². The molecule has 1 atom stereocenters. The largest absolute Gasteiger partial charge is 0.459 e. The van der Waals surface area contributed by atoms with E-state index in [1.807, 2.05) is 0 Å². The summed E-state index contributed by atoms with van der Waals surface area (Å²) in [5, 5.41) is 11.7. The topological polar surface area (TPSA) is 119 Å². The number of nitrogens with one attached hydrogen (secondary N) is 1. The Hall–Kier alpha value is -2.50. The molecule has 136 valence electrons. The number of carbonyl (C=O) groups is 1. The molecule has 0 aromatic carbocycles. The maximum absolute atomic E-state index is 12.7. The zero-order valence-corrected chi connectivity index (χ0v) is 15.0. The van der Waals surface area contributed by atoms with Gasteiger partial charge in [0.25, 0.3) is 15.9 Å². The lowest BCUT2D eigenvalue weighted by Gasteiger charge is -2.21. The van der Waals surface area contributed by atoms with Gasteiger partial charge in [-0.15, -0.1) is 16.4 Å². The maximum atomic E-state index is 12.7. The number of rotatable bonds is 5. The Balaban J connectivity index is 1.51. The molecule has 0 spiro atoms. The molecule has 1 unspecified atom stereocenters. The smallest absolute Gasteiger partial charge is 0.322 e. The molecule has 9 nitrogen and oxygen atoms in total. The normalized spacial score (nSPS) is 18.2. The maximum Gasteiger partial charge on any atom is 0.322 e. The van der Waals surface area contributed by atoms with Gasteiger partial charge in [-0.25, -0.2) is 8.42 Å². The highest BCUT2D eigenvalue weighted by molar-refractivity contribution is 7.91. The summed E-state index contributed by atoms with van der Waals surface area (Å²) in [6.45, 7) is 0.291. The Bertz CT molecular complexity index is 995. The molecule has 3 aromatic heterocycles. The second-order valence-electron chi connectivity index (χ2n) is 5.58. The number of aromatic nitrogens is 2. The second-order valence-corrected chi connectivity index (χ2v) is 8.65. The van der Waals surface area contributed by atoms with Crippen LogP contribution in [0.1, 0.15) is 12.8 Å². The molecule has 1 N–H and O–H groups in total. The van der Waals surface area contributed by atoms with Crippen LogP contribution in [0.5, 0.6) is 0 Å². The lowest BCUT2D eigenvalue weighted by molar-refractivity contribution is -0.119. The molecule has 1 aliphatic rings. The molecule has 0 aliphatic carbocycles. The predicted octanol–water partition coefficient (Wildman–Crippen LogP) is 2.18. The summed E-state index contributed by atoms with van der Waals surface area (Å²) in [6.07, 6.45) is 2.49. The van der Waals surface area contributed by atoms with Crippen LogP contribution in [-0.4, -0.2) is 41.4 Å². The fourth-order valence-corrected chi connectivity index (χ4v) is 5.55. The van der Waals surface area contributed by atoms with Crippen molar-refractivity contribution < 1.29 is 22.0 Å². The van der Waals surface area contributed by atoms with Gasteiger partial charge in [-0.3, -0.25) is 10.1 Å². The molecule has 1 amide bonds. The second kappa shape index (κ2) is 6.67. The Morgan fingerprint density at radius 3 is 2.92 bits per heavy atom. The van der Waals surface area contributed by atoms with Gasteiger partial charge in [0, 0.05) is 6.54 Å². The van der Waals surface area contributed by atoms with Crippen LogP contribution >= 0.6 is 11.3 Å². The van der Waals surface area contributed by atoms with Crippen molar-refractivity contribution in [1.82, 2.24) is 14.5 Å². The summed E-state index contributed by atoms with van der Waals surface area (Å²) in [4.78, 5) is 12.6. The number of sulfonamides is 1. The number of anilines is 1. The van der Waals surface area contributed by atoms with Crippen molar-refractivity contribution in [2.45, 2.75) is 23.1 Å². The van der Waals surface area contributed by atoms with Gasteiger partial charge < -0.3 is 8.83 Å². The van der Waals surface area contributed by atoms with Crippen LogP contribution in [0.25, 0.3) is 11.7 Å². The van der Waals surface area contributed by atoms with E-state index in [9.17, 15) is 13.2 Å². The SMILES string of the molecule is O=C(Nc1nnc(-c2ccco2)o1)C1CCCN1S(=O)(=O)c1cccs1. The van der Waals surface area contributed by atoms with Crippen LogP contribution < -0.4 is 5.32 Å². The highest BCUT2D eigenvalue weighted by Gasteiger charge is 2.40. The summed E-state index contributed by atoms with van der Waals surface area (Å²) in [5.41, 5.74) is 0. The Morgan fingerprint density at radius 1 is 1.31 bits per heavy atom. The van der Waals surface area contributed by atoms with Crippen LogP contribution in [0.15, 0.2) is 49.0 Å². The van der Waals surface area contributed by atoms with Crippen molar-refractivity contribution in [3.8, 4) is 11.7 Å². The van der Waals surface area contributed by atoms with Gasteiger partial charge in [-0.05, 0) is 36.4 Å². The first-order valence-corrected chi connectivity index (χ1v) is 10.1. The minimum Gasteiger partial charge on any atom is -0.459 e. The molecule has 26 heavy (non-hydrogen) atoms. The molecule has 4 heterocycles. The van der Waals surface area contributed by atoms with Gasteiger partial charge in [0.15, 0.2) is 5.76 Å². The number of amides is 1. The van der Waals surface area contributed by atoms with Crippen LogP contribution in [-0.2, 0) is 14.8 Å². The number of furan rings is 1. The molecule has 1 fully saturated rings. The van der Waals surface area contributed by atoms with Crippen LogP contribution in [0.4, 0.5) is 6.01 Å². The lowest BCUT2D eigenvalue weighted by Crippen LogP contribution is -2.42. The molecule has 4 rings (SSSR count). The van der Waals surface area contributed by atoms with Gasteiger partial charge in [-0.2, -0.15) is 4.31 Å². The summed E-state index contributed by atoms with van der Waals surface area (Å²) >= 11 is 1.12. The van der Waals surface area contributed by atoms with Crippen molar-refractivity contribution >= 4 is 33.3 Å². The summed E-state index contributed by atoms with van der Waals surface area (Å²) in [7, 11) is -3.70. The van der Waals surface area contributed by atoms with Gasteiger partial charge >= 0.3 is 6.01 Å². The van der Waals surface area contributed by atoms with E-state index < -0.39 is 22.0 Å². The van der Waals surface area contributed by atoms with Crippen molar-refractivity contribution in [1.29, 1.82) is 0 Å². The van der Waals surface area contributed by atoms with E-state index in [-0.39, 0.29) is 16.1 Å². The van der Waals surface area contributed by atoms with E-state index in [0.29, 0.717) is 25.1 Å². The van der Waals surface area contributed by atoms with Crippen LogP contribution in [0.3, 0.4) is 0 Å². The highest BCUT2D eigenvalue weighted by Crippen LogP contribution is 2.29. The fourth-order valence-electron chi connectivity index (χ4n) is 2.78. The third kappa shape index (κ3) is 3.04. The number of hydrogen-bond donors (Lipinski definition) is 1. The molecule has 0 radical (unpaired) electrons. The molecule has 1 saturated heterocycles. The molecule has 1 aliphatic heterocycles. The number of thiophene rings is 1. The summed E-state index contributed by atoms with van der Waals surface area (Å²) in [5.74, 6) is -0.00201. The minimum atomic E-state index is -3.70. The quantitative estimate of drug-likeness (QED) is 0.704. The summed E-state index contributed by atoms with van der Waals surface area (Å²) < 4.78 is 37.4. The zero-order chi connectivity index (χ0) is 18.1. The van der Waals surface area contributed by atoms with Crippen molar-refractivity contribution in [3.05, 3.63) is 35.9 Å². The molecular weight excluding hydrogens is 380 g/mol. The fraction of sp³-hybridized carbons (Fsp3) is 0.267. The van der Waals surface area contributed by atoms with Gasteiger partial charge in [-0.1, -0.05) is 11.2 Å². The van der Waals surface area contributed by atoms with E-state index in [0.717, 1.165) is 11.3 Å². The number of nitrogens with zero attached hydrogens (tertiary/aromatic N) is 3. The molecular formula is C15H14N4O5S2. The van der Waals surface area contributed by atoms with Crippen LogP contribution in [0, 0.1) is 0 Å². The van der Waals surface area contributed by atoms with Crippen molar-refractivity contribution in [2.24, 2.45) is 0 Å². The highest BCUT2D eigenvalue weighted by atomic mass is 32.2. The van der Waals surface area contributed by atoms with E-state index in [1.165, 1.54) is 16.6 Å². The molecule has 0 bridgehead atoms. The van der Waals surface area contributed by atoms with E-state index >= 15 is 0 Å². The zero-order valence-electron chi connectivity index (χ0n) is 13.4. The Kier molecular flexibility index (Phi) is 4.34. The first-order valence-electron chi connectivity index (χ1n) is 7.79. The van der Waals surface area contributed by atoms with E-state index in [1.54, 1.807) is 23.6 Å². The van der Waals surface area contributed by atoms with Gasteiger partial charge in [0.2, 0.25) is 5.91 Å². The molecule has 11 heteroatoms. The van der Waals surface area contributed by atoms with E-state index in [2.05, 4.69) is 15.5 Å². The lowest BCUT2D eigenvalue weighted by atomic mass is 10.2. The number of hydrogen-bond acceptors (Lipinski definition) is 8. The number of carbonyl (C=O) groups excluding carboxylic acids is 1. The van der Waals surface area contributed by atoms with E-state index in [4.69, 9.17) is 8.83 Å².